The number of aromatic nitrogens is 1. The normalized spacial score (nSPS) is 24.9. The first-order chi connectivity index (χ1) is 10.8. The predicted octanol–water partition coefficient (Wildman–Crippen LogP) is 2.05. The molecule has 2 saturated heterocycles. The number of nitrogens with zero attached hydrogens (tertiary/aromatic N) is 3. The molecule has 2 aliphatic rings. The Morgan fingerprint density at radius 3 is 2.82 bits per heavy atom. The Balaban J connectivity index is 1.47. The van der Waals surface area contributed by atoms with Crippen LogP contribution < -0.4 is 0 Å². The highest BCUT2D eigenvalue weighted by molar-refractivity contribution is 5.80. The second-order valence-corrected chi connectivity index (χ2v) is 6.05. The van der Waals surface area contributed by atoms with Gasteiger partial charge in [0.15, 0.2) is 0 Å². The molecular weight excluding hydrogens is 278 g/mol. The van der Waals surface area contributed by atoms with Crippen molar-refractivity contribution in [2.45, 2.75) is 38.0 Å². The molecule has 2 aromatic rings. The molecule has 0 saturated carbocycles. The summed E-state index contributed by atoms with van der Waals surface area (Å²) >= 11 is 0. The first-order valence-electron chi connectivity index (χ1n) is 7.76. The number of furan rings is 1. The van der Waals surface area contributed by atoms with E-state index < -0.39 is 0 Å². The molecule has 0 radical (unpaired) electrons. The first kappa shape index (κ1) is 13.5. The van der Waals surface area contributed by atoms with Crippen molar-refractivity contribution in [3.05, 3.63) is 54.2 Å². The Morgan fingerprint density at radius 1 is 1.18 bits per heavy atom. The number of amides is 1. The maximum atomic E-state index is 12.4. The largest absolute Gasteiger partial charge is 0.468 e. The lowest BCUT2D eigenvalue weighted by Crippen LogP contribution is -2.36. The quantitative estimate of drug-likeness (QED) is 0.866. The molecule has 2 atom stereocenters. The summed E-state index contributed by atoms with van der Waals surface area (Å²) in [4.78, 5) is 20.9. The van der Waals surface area contributed by atoms with Crippen LogP contribution in [0.1, 0.15) is 24.2 Å². The van der Waals surface area contributed by atoms with Crippen LogP contribution in [0.2, 0.25) is 0 Å². The van der Waals surface area contributed by atoms with Crippen LogP contribution in [0, 0.1) is 0 Å². The maximum Gasteiger partial charge on any atom is 0.224 e. The van der Waals surface area contributed by atoms with Crippen molar-refractivity contribution in [3.63, 3.8) is 0 Å². The van der Waals surface area contributed by atoms with E-state index in [9.17, 15) is 4.79 Å². The van der Waals surface area contributed by atoms with Gasteiger partial charge in [0.25, 0.3) is 0 Å². The smallest absolute Gasteiger partial charge is 0.224 e. The number of hydrogen-bond acceptors (Lipinski definition) is 4. The average molecular weight is 297 g/mol. The summed E-state index contributed by atoms with van der Waals surface area (Å²) in [6, 6.07) is 8.53. The van der Waals surface area contributed by atoms with E-state index in [1.807, 2.05) is 29.2 Å². The van der Waals surface area contributed by atoms with Crippen molar-refractivity contribution >= 4 is 5.91 Å². The first-order valence-corrected chi connectivity index (χ1v) is 7.76. The zero-order chi connectivity index (χ0) is 14.9. The fourth-order valence-electron chi connectivity index (χ4n) is 3.70. The zero-order valence-electron chi connectivity index (χ0n) is 12.4. The fourth-order valence-corrected chi connectivity index (χ4v) is 3.70. The van der Waals surface area contributed by atoms with Crippen molar-refractivity contribution in [1.29, 1.82) is 0 Å². The fraction of sp³-hybridized carbons (Fsp3) is 0.412. The van der Waals surface area contributed by atoms with Crippen LogP contribution in [0.4, 0.5) is 0 Å². The van der Waals surface area contributed by atoms with Crippen LogP contribution in [0.15, 0.2) is 47.3 Å². The molecule has 2 aromatic heterocycles. The van der Waals surface area contributed by atoms with E-state index in [0.29, 0.717) is 25.0 Å². The minimum absolute atomic E-state index is 0.260. The molecule has 2 aliphatic heterocycles. The molecule has 114 valence electrons. The van der Waals surface area contributed by atoms with E-state index in [1.165, 1.54) is 0 Å². The van der Waals surface area contributed by atoms with E-state index in [2.05, 4.69) is 9.88 Å². The second kappa shape index (κ2) is 5.57. The van der Waals surface area contributed by atoms with Crippen molar-refractivity contribution < 1.29 is 9.21 Å². The van der Waals surface area contributed by atoms with Gasteiger partial charge in [0.1, 0.15) is 5.76 Å². The highest BCUT2D eigenvalue weighted by Crippen LogP contribution is 2.34. The van der Waals surface area contributed by atoms with Crippen LogP contribution in [-0.4, -0.2) is 39.3 Å². The average Bonchev–Trinajstić information content (AvgIpc) is 3.23. The number of carbonyl (C=O) groups is 1. The van der Waals surface area contributed by atoms with Gasteiger partial charge in [-0.05, 0) is 36.2 Å². The molecule has 0 bridgehead atoms. The summed E-state index contributed by atoms with van der Waals surface area (Å²) < 4.78 is 5.45. The van der Waals surface area contributed by atoms with Gasteiger partial charge in [-0.1, -0.05) is 0 Å². The van der Waals surface area contributed by atoms with Crippen LogP contribution in [-0.2, 0) is 17.9 Å². The van der Waals surface area contributed by atoms with Gasteiger partial charge in [0.05, 0.1) is 12.8 Å². The summed E-state index contributed by atoms with van der Waals surface area (Å²) in [5, 5.41) is 0. The number of carbonyl (C=O) groups excluding carboxylic acids is 1. The molecule has 5 nitrogen and oxygen atoms in total. The molecule has 0 spiro atoms. The van der Waals surface area contributed by atoms with Gasteiger partial charge in [-0.3, -0.25) is 14.7 Å². The third-order valence-electron chi connectivity index (χ3n) is 4.77. The summed E-state index contributed by atoms with van der Waals surface area (Å²) in [5.41, 5.74) is 1.15. The Kier molecular flexibility index (Phi) is 3.42. The van der Waals surface area contributed by atoms with Crippen LogP contribution in [0.5, 0.6) is 0 Å². The van der Waals surface area contributed by atoms with Crippen LogP contribution in [0.3, 0.4) is 0 Å². The van der Waals surface area contributed by atoms with E-state index in [4.69, 9.17) is 4.42 Å². The van der Waals surface area contributed by atoms with Crippen molar-refractivity contribution in [2.24, 2.45) is 0 Å². The molecule has 5 heteroatoms. The third-order valence-corrected chi connectivity index (χ3v) is 4.77. The van der Waals surface area contributed by atoms with Gasteiger partial charge in [-0.2, -0.15) is 0 Å². The Morgan fingerprint density at radius 2 is 2.05 bits per heavy atom. The van der Waals surface area contributed by atoms with Gasteiger partial charge >= 0.3 is 0 Å². The molecule has 1 amide bonds. The van der Waals surface area contributed by atoms with E-state index >= 15 is 0 Å². The van der Waals surface area contributed by atoms with Crippen LogP contribution >= 0.6 is 0 Å². The van der Waals surface area contributed by atoms with E-state index in [-0.39, 0.29) is 5.91 Å². The Bertz CT molecular complexity index is 641. The number of hydrogen-bond donors (Lipinski definition) is 0. The van der Waals surface area contributed by atoms with Crippen molar-refractivity contribution in [1.82, 2.24) is 14.8 Å². The summed E-state index contributed by atoms with van der Waals surface area (Å²) in [7, 11) is 0. The molecule has 22 heavy (non-hydrogen) atoms. The van der Waals surface area contributed by atoms with E-state index in [0.717, 1.165) is 30.8 Å². The lowest BCUT2D eigenvalue weighted by molar-refractivity contribution is -0.129. The molecule has 2 unspecified atom stereocenters. The molecule has 0 N–H and O–H groups in total. The predicted molar refractivity (Wildman–Crippen MR) is 80.7 cm³/mol. The Labute approximate surface area is 129 Å². The molecule has 0 aliphatic carbocycles. The lowest BCUT2D eigenvalue weighted by atomic mass is 10.1. The molecule has 2 fully saturated rings. The van der Waals surface area contributed by atoms with Crippen LogP contribution in [0.25, 0.3) is 0 Å². The SMILES string of the molecule is O=C1CC2C(CCN2Cc2ccco2)N1Cc1ccncc1. The van der Waals surface area contributed by atoms with Gasteiger partial charge < -0.3 is 9.32 Å². The van der Waals surface area contributed by atoms with E-state index in [1.54, 1.807) is 18.7 Å². The Hall–Kier alpha value is -2.14. The number of rotatable bonds is 4. The summed E-state index contributed by atoms with van der Waals surface area (Å²) in [6.45, 7) is 2.51. The zero-order valence-corrected chi connectivity index (χ0v) is 12.4. The third kappa shape index (κ3) is 2.41. The molecule has 4 rings (SSSR count). The summed E-state index contributed by atoms with van der Waals surface area (Å²) in [6.07, 6.45) is 6.94. The van der Waals surface area contributed by atoms with Crippen molar-refractivity contribution in [3.8, 4) is 0 Å². The number of likely N-dealkylation sites (tertiary alicyclic amines) is 2. The molecule has 4 heterocycles. The lowest BCUT2D eigenvalue weighted by Gasteiger charge is -2.25. The topological polar surface area (TPSA) is 49.6 Å². The molecular formula is C17H19N3O2. The minimum atomic E-state index is 0.260. The van der Waals surface area contributed by atoms with Gasteiger partial charge in [-0.15, -0.1) is 0 Å². The molecule has 0 aromatic carbocycles. The van der Waals surface area contributed by atoms with Gasteiger partial charge in [-0.25, -0.2) is 0 Å². The highest BCUT2D eigenvalue weighted by atomic mass is 16.3. The summed E-state index contributed by atoms with van der Waals surface area (Å²) in [5.74, 6) is 1.23. The minimum Gasteiger partial charge on any atom is -0.468 e. The monoisotopic (exact) mass is 297 g/mol. The second-order valence-electron chi connectivity index (χ2n) is 6.05. The van der Waals surface area contributed by atoms with Crippen molar-refractivity contribution in [2.75, 3.05) is 6.54 Å². The van der Waals surface area contributed by atoms with Gasteiger partial charge in [0.2, 0.25) is 5.91 Å². The standard InChI is InChI=1S/C17H19N3O2/c21-17-10-16-15(20(17)11-13-3-6-18-7-4-13)5-8-19(16)12-14-2-1-9-22-14/h1-4,6-7,9,15-16H,5,8,10-12H2. The van der Waals surface area contributed by atoms with Gasteiger partial charge in [0, 0.05) is 44.0 Å². The number of pyridine rings is 1. The highest BCUT2D eigenvalue weighted by Gasteiger charge is 2.46. The maximum absolute atomic E-state index is 12.4. The number of fused-ring (bicyclic) bond motifs is 1.